The number of methoxy groups -OCH3 is 1. The first-order valence-corrected chi connectivity index (χ1v) is 8.17. The molecule has 4 heteroatoms. The standard InChI is InChI=1S/C16H30N2O2/c1-5-6-7-14-16(19)18(12-9-13(10-12)20-4)15(17-14)8-11(2)3/h11-15,17H,5-10H2,1-4H3. The zero-order chi connectivity index (χ0) is 14.7. The average molecular weight is 282 g/mol. The van der Waals surface area contributed by atoms with Crippen LogP contribution in [0.2, 0.25) is 0 Å². The van der Waals surface area contributed by atoms with E-state index in [0.717, 1.165) is 38.5 Å². The molecule has 2 unspecified atom stereocenters. The van der Waals surface area contributed by atoms with Crippen LogP contribution in [0.3, 0.4) is 0 Å². The lowest BCUT2D eigenvalue weighted by atomic mass is 9.87. The maximum absolute atomic E-state index is 12.7. The number of nitrogens with one attached hydrogen (secondary N) is 1. The van der Waals surface area contributed by atoms with E-state index < -0.39 is 0 Å². The summed E-state index contributed by atoms with van der Waals surface area (Å²) >= 11 is 0. The van der Waals surface area contributed by atoms with Gasteiger partial charge in [0.05, 0.1) is 18.3 Å². The number of rotatable bonds is 7. The summed E-state index contributed by atoms with van der Waals surface area (Å²) in [7, 11) is 1.76. The van der Waals surface area contributed by atoms with Crippen molar-refractivity contribution in [1.29, 1.82) is 0 Å². The SMILES string of the molecule is CCCCC1NC(CC(C)C)N(C2CC(OC)C2)C1=O. The third-order valence-electron chi connectivity index (χ3n) is 4.62. The van der Waals surface area contributed by atoms with Crippen LogP contribution in [0.15, 0.2) is 0 Å². The van der Waals surface area contributed by atoms with Crippen LogP contribution in [0.1, 0.15) is 59.3 Å². The molecule has 2 aliphatic rings. The van der Waals surface area contributed by atoms with E-state index in [4.69, 9.17) is 4.74 Å². The Bertz CT molecular complexity index is 326. The Labute approximate surface area is 123 Å². The van der Waals surface area contributed by atoms with Gasteiger partial charge in [-0.25, -0.2) is 0 Å². The molecule has 4 nitrogen and oxygen atoms in total. The third kappa shape index (κ3) is 3.34. The zero-order valence-corrected chi connectivity index (χ0v) is 13.4. The Hall–Kier alpha value is -0.610. The van der Waals surface area contributed by atoms with Crippen molar-refractivity contribution in [2.75, 3.05) is 7.11 Å². The molecule has 0 aromatic rings. The Kier molecular flexibility index (Phi) is 5.44. The molecule has 1 heterocycles. The summed E-state index contributed by atoms with van der Waals surface area (Å²) in [5.41, 5.74) is 0. The Morgan fingerprint density at radius 1 is 1.40 bits per heavy atom. The predicted octanol–water partition coefficient (Wildman–Crippen LogP) is 2.53. The van der Waals surface area contributed by atoms with Gasteiger partial charge in [-0.1, -0.05) is 33.6 Å². The number of hydrogen-bond donors (Lipinski definition) is 1. The number of hydrogen-bond acceptors (Lipinski definition) is 3. The molecule has 0 aromatic carbocycles. The molecule has 2 rings (SSSR count). The van der Waals surface area contributed by atoms with E-state index in [0.29, 0.717) is 24.0 Å². The number of carbonyl (C=O) groups excluding carboxylic acids is 1. The van der Waals surface area contributed by atoms with Crippen LogP contribution in [-0.2, 0) is 9.53 Å². The third-order valence-corrected chi connectivity index (χ3v) is 4.62. The van der Waals surface area contributed by atoms with Gasteiger partial charge < -0.3 is 9.64 Å². The van der Waals surface area contributed by atoms with E-state index in [1.165, 1.54) is 0 Å². The Balaban J connectivity index is 1.99. The fourth-order valence-corrected chi connectivity index (χ4v) is 3.35. The van der Waals surface area contributed by atoms with Crippen molar-refractivity contribution in [1.82, 2.24) is 10.2 Å². The van der Waals surface area contributed by atoms with Gasteiger partial charge >= 0.3 is 0 Å². The number of carbonyl (C=O) groups is 1. The van der Waals surface area contributed by atoms with Gasteiger partial charge in [0, 0.05) is 13.2 Å². The van der Waals surface area contributed by atoms with Crippen molar-refractivity contribution >= 4 is 5.91 Å². The van der Waals surface area contributed by atoms with Crippen molar-refractivity contribution in [3.63, 3.8) is 0 Å². The number of nitrogens with zero attached hydrogens (tertiary/aromatic N) is 1. The topological polar surface area (TPSA) is 41.6 Å². The molecule has 116 valence electrons. The quantitative estimate of drug-likeness (QED) is 0.780. The van der Waals surface area contributed by atoms with E-state index in [9.17, 15) is 4.79 Å². The minimum atomic E-state index is 0.0419. The molecule has 1 N–H and O–H groups in total. The minimum absolute atomic E-state index is 0.0419. The van der Waals surface area contributed by atoms with Crippen LogP contribution in [-0.4, -0.2) is 42.3 Å². The van der Waals surface area contributed by atoms with E-state index in [1.807, 2.05) is 0 Å². The first-order valence-electron chi connectivity index (χ1n) is 8.17. The van der Waals surface area contributed by atoms with Crippen molar-refractivity contribution in [2.24, 2.45) is 5.92 Å². The average Bonchev–Trinajstić information content (AvgIpc) is 2.63. The summed E-state index contributed by atoms with van der Waals surface area (Å²) in [4.78, 5) is 14.8. The first kappa shape index (κ1) is 15.8. The van der Waals surface area contributed by atoms with Gasteiger partial charge in [0.1, 0.15) is 0 Å². The predicted molar refractivity (Wildman–Crippen MR) is 80.4 cm³/mol. The minimum Gasteiger partial charge on any atom is -0.381 e. The number of amides is 1. The summed E-state index contributed by atoms with van der Waals surface area (Å²) in [6.07, 6.45) is 6.86. The summed E-state index contributed by atoms with van der Waals surface area (Å²) in [5, 5.41) is 3.57. The second kappa shape index (κ2) is 6.90. The molecule has 2 atom stereocenters. The molecule has 1 aliphatic carbocycles. The highest BCUT2D eigenvalue weighted by Crippen LogP contribution is 2.33. The molecule has 1 aliphatic heterocycles. The van der Waals surface area contributed by atoms with Gasteiger partial charge in [-0.3, -0.25) is 10.1 Å². The van der Waals surface area contributed by atoms with Crippen molar-refractivity contribution in [3.05, 3.63) is 0 Å². The molecular weight excluding hydrogens is 252 g/mol. The fourth-order valence-electron chi connectivity index (χ4n) is 3.35. The number of ether oxygens (including phenoxy) is 1. The maximum atomic E-state index is 12.7. The monoisotopic (exact) mass is 282 g/mol. The summed E-state index contributed by atoms with van der Waals surface area (Å²) in [6.45, 7) is 6.63. The van der Waals surface area contributed by atoms with Gasteiger partial charge in [0.2, 0.25) is 5.91 Å². The van der Waals surface area contributed by atoms with Crippen molar-refractivity contribution in [2.45, 2.75) is 83.6 Å². The maximum Gasteiger partial charge on any atom is 0.241 e. The molecule has 1 saturated carbocycles. The molecule has 0 spiro atoms. The summed E-state index contributed by atoms with van der Waals surface area (Å²) in [6, 6.07) is 0.427. The van der Waals surface area contributed by atoms with E-state index in [-0.39, 0.29) is 12.2 Å². The highest BCUT2D eigenvalue weighted by atomic mass is 16.5. The van der Waals surface area contributed by atoms with Crippen LogP contribution in [0.4, 0.5) is 0 Å². The lowest BCUT2D eigenvalue weighted by Gasteiger charge is -2.43. The van der Waals surface area contributed by atoms with Crippen LogP contribution in [0.25, 0.3) is 0 Å². The molecule has 0 aromatic heterocycles. The van der Waals surface area contributed by atoms with Crippen molar-refractivity contribution < 1.29 is 9.53 Å². The Morgan fingerprint density at radius 2 is 2.10 bits per heavy atom. The summed E-state index contributed by atoms with van der Waals surface area (Å²) in [5.74, 6) is 0.926. The molecular formula is C16H30N2O2. The second-order valence-electron chi connectivity index (χ2n) is 6.74. The highest BCUT2D eigenvalue weighted by Gasteiger charge is 2.46. The molecule has 1 amide bonds. The summed E-state index contributed by atoms with van der Waals surface area (Å²) < 4.78 is 5.36. The van der Waals surface area contributed by atoms with Crippen LogP contribution < -0.4 is 5.32 Å². The fraction of sp³-hybridized carbons (Fsp3) is 0.938. The van der Waals surface area contributed by atoms with Crippen LogP contribution in [0, 0.1) is 5.92 Å². The second-order valence-corrected chi connectivity index (χ2v) is 6.74. The largest absolute Gasteiger partial charge is 0.381 e. The number of unbranched alkanes of at least 4 members (excludes halogenated alkanes) is 1. The van der Waals surface area contributed by atoms with Crippen LogP contribution >= 0.6 is 0 Å². The van der Waals surface area contributed by atoms with Gasteiger partial charge in [-0.15, -0.1) is 0 Å². The van der Waals surface area contributed by atoms with E-state index >= 15 is 0 Å². The first-order chi connectivity index (χ1) is 9.56. The lowest BCUT2D eigenvalue weighted by molar-refractivity contribution is -0.138. The highest BCUT2D eigenvalue weighted by molar-refractivity contribution is 5.84. The van der Waals surface area contributed by atoms with Crippen molar-refractivity contribution in [3.8, 4) is 0 Å². The van der Waals surface area contributed by atoms with E-state index in [2.05, 4.69) is 31.0 Å². The Morgan fingerprint density at radius 3 is 2.65 bits per heavy atom. The molecule has 1 saturated heterocycles. The normalized spacial score (nSPS) is 33.9. The van der Waals surface area contributed by atoms with Gasteiger partial charge in [-0.2, -0.15) is 0 Å². The van der Waals surface area contributed by atoms with Gasteiger partial charge in [0.25, 0.3) is 0 Å². The van der Waals surface area contributed by atoms with E-state index in [1.54, 1.807) is 7.11 Å². The molecule has 0 radical (unpaired) electrons. The molecule has 0 bridgehead atoms. The smallest absolute Gasteiger partial charge is 0.241 e. The molecule has 2 fully saturated rings. The van der Waals surface area contributed by atoms with Crippen LogP contribution in [0.5, 0.6) is 0 Å². The van der Waals surface area contributed by atoms with Gasteiger partial charge in [-0.05, 0) is 31.6 Å². The molecule has 20 heavy (non-hydrogen) atoms. The lowest BCUT2D eigenvalue weighted by Crippen LogP contribution is -2.53. The van der Waals surface area contributed by atoms with Gasteiger partial charge in [0.15, 0.2) is 0 Å². The zero-order valence-electron chi connectivity index (χ0n) is 13.4.